The minimum absolute atomic E-state index is 0.0108. The second-order valence-electron chi connectivity index (χ2n) is 7.15. The fourth-order valence-electron chi connectivity index (χ4n) is 4.10. The zero-order valence-corrected chi connectivity index (χ0v) is 15.4. The highest BCUT2D eigenvalue weighted by Gasteiger charge is 2.47. The lowest BCUT2D eigenvalue weighted by Crippen LogP contribution is -2.40. The van der Waals surface area contributed by atoms with Crippen molar-refractivity contribution in [3.63, 3.8) is 0 Å². The van der Waals surface area contributed by atoms with E-state index in [4.69, 9.17) is 0 Å². The third kappa shape index (κ3) is 3.03. The number of carbonyl (C=O) groups excluding carboxylic acids is 1. The third-order valence-electron chi connectivity index (χ3n) is 5.46. The second kappa shape index (κ2) is 6.51. The summed E-state index contributed by atoms with van der Waals surface area (Å²) in [4.78, 5) is 16.4. The van der Waals surface area contributed by atoms with Crippen LogP contribution in [0.15, 0.2) is 47.9 Å². The predicted octanol–water partition coefficient (Wildman–Crippen LogP) is 1.25. The Morgan fingerprint density at radius 1 is 1.19 bits per heavy atom. The van der Waals surface area contributed by atoms with E-state index in [-0.39, 0.29) is 28.8 Å². The van der Waals surface area contributed by atoms with Gasteiger partial charge in [-0.15, -0.1) is 0 Å². The number of carbonyl (C=O) groups is 1. The van der Waals surface area contributed by atoms with Gasteiger partial charge in [-0.1, -0.05) is 18.2 Å². The number of hydrogen-bond acceptors (Lipinski definition) is 4. The maximum atomic E-state index is 12.8. The maximum absolute atomic E-state index is 12.8. The van der Waals surface area contributed by atoms with Crippen molar-refractivity contribution in [3.8, 4) is 0 Å². The molecule has 1 amide bonds. The molecule has 2 aromatic rings. The Morgan fingerprint density at radius 3 is 2.65 bits per heavy atom. The smallest absolute Gasteiger partial charge is 0.262 e. The number of hydrogen-bond donors (Lipinski definition) is 1. The number of nitrogens with zero attached hydrogens (tertiary/aromatic N) is 3. The van der Waals surface area contributed by atoms with Crippen LogP contribution in [-0.2, 0) is 17.1 Å². The van der Waals surface area contributed by atoms with E-state index in [9.17, 15) is 13.2 Å². The van der Waals surface area contributed by atoms with Gasteiger partial charge in [0.15, 0.2) is 5.03 Å². The first-order chi connectivity index (χ1) is 12.4. The number of benzene rings is 1. The Hall–Kier alpha value is -2.19. The molecule has 1 aliphatic carbocycles. The summed E-state index contributed by atoms with van der Waals surface area (Å²) in [7, 11) is -1.83. The van der Waals surface area contributed by atoms with Crippen molar-refractivity contribution in [1.82, 2.24) is 19.2 Å². The molecule has 7 nitrogen and oxygen atoms in total. The molecule has 2 heterocycles. The number of imidazole rings is 1. The lowest BCUT2D eigenvalue weighted by molar-refractivity contribution is 0.0927. The molecule has 4 rings (SSSR count). The summed E-state index contributed by atoms with van der Waals surface area (Å²) >= 11 is 0. The van der Waals surface area contributed by atoms with E-state index in [0.29, 0.717) is 18.7 Å². The minimum Gasteiger partial charge on any atom is -0.349 e. The van der Waals surface area contributed by atoms with Crippen LogP contribution in [0.4, 0.5) is 0 Å². The van der Waals surface area contributed by atoms with E-state index in [1.807, 2.05) is 18.2 Å². The van der Waals surface area contributed by atoms with Crippen LogP contribution in [0.25, 0.3) is 0 Å². The minimum atomic E-state index is -3.58. The predicted molar refractivity (Wildman–Crippen MR) is 95.9 cm³/mol. The number of fused-ring (bicyclic) bond motifs is 1. The molecule has 3 unspecified atom stereocenters. The van der Waals surface area contributed by atoms with Crippen LogP contribution >= 0.6 is 0 Å². The summed E-state index contributed by atoms with van der Waals surface area (Å²) in [6, 6.07) is 9.13. The molecule has 3 atom stereocenters. The van der Waals surface area contributed by atoms with Crippen molar-refractivity contribution >= 4 is 15.9 Å². The number of amides is 1. The van der Waals surface area contributed by atoms with Crippen LogP contribution in [0.2, 0.25) is 0 Å². The largest absolute Gasteiger partial charge is 0.349 e. The molecule has 0 bridgehead atoms. The summed E-state index contributed by atoms with van der Waals surface area (Å²) in [5.74, 6) is 0.345. The molecule has 26 heavy (non-hydrogen) atoms. The van der Waals surface area contributed by atoms with E-state index in [0.717, 1.165) is 12.8 Å². The molecule has 2 fully saturated rings. The van der Waals surface area contributed by atoms with Gasteiger partial charge < -0.3 is 9.88 Å². The highest BCUT2D eigenvalue weighted by Crippen LogP contribution is 2.40. The van der Waals surface area contributed by atoms with Gasteiger partial charge in [0.05, 0.1) is 6.33 Å². The molecular weight excluding hydrogens is 352 g/mol. The van der Waals surface area contributed by atoms with Crippen LogP contribution in [0.1, 0.15) is 23.2 Å². The van der Waals surface area contributed by atoms with Crippen molar-refractivity contribution in [2.45, 2.75) is 23.9 Å². The first-order valence-electron chi connectivity index (χ1n) is 8.79. The third-order valence-corrected chi connectivity index (χ3v) is 7.18. The molecule has 0 spiro atoms. The van der Waals surface area contributed by atoms with Crippen LogP contribution < -0.4 is 5.32 Å². The van der Waals surface area contributed by atoms with Crippen molar-refractivity contribution in [3.05, 3.63) is 48.4 Å². The quantitative estimate of drug-likeness (QED) is 0.873. The zero-order chi connectivity index (χ0) is 18.3. The lowest BCUT2D eigenvalue weighted by atomic mass is 9.97. The maximum Gasteiger partial charge on any atom is 0.262 e. The van der Waals surface area contributed by atoms with Gasteiger partial charge in [0.1, 0.15) is 0 Å². The van der Waals surface area contributed by atoms with Gasteiger partial charge in [-0.25, -0.2) is 13.4 Å². The van der Waals surface area contributed by atoms with Crippen molar-refractivity contribution in [2.24, 2.45) is 18.9 Å². The molecule has 1 saturated heterocycles. The van der Waals surface area contributed by atoms with E-state index in [1.165, 1.54) is 16.8 Å². The van der Waals surface area contributed by atoms with Crippen molar-refractivity contribution in [1.29, 1.82) is 0 Å². The van der Waals surface area contributed by atoms with Gasteiger partial charge in [-0.2, -0.15) is 4.31 Å². The standard InChI is InChI=1S/C18H22N4O3S/c1-21-11-17(19-12-21)26(24,25)22-9-14-7-8-16(15(14)10-22)20-18(23)13-5-3-2-4-6-13/h2-6,11-12,14-16H,7-10H2,1H3,(H,20,23). The van der Waals surface area contributed by atoms with Gasteiger partial charge in [-0.3, -0.25) is 4.79 Å². The Kier molecular flexibility index (Phi) is 4.32. The Morgan fingerprint density at radius 2 is 1.96 bits per heavy atom. The van der Waals surface area contributed by atoms with E-state index in [1.54, 1.807) is 23.7 Å². The first kappa shape index (κ1) is 17.2. The topological polar surface area (TPSA) is 84.3 Å². The average molecular weight is 374 g/mol. The number of sulfonamides is 1. The molecule has 2 aliphatic rings. The molecule has 0 radical (unpaired) electrons. The number of aromatic nitrogens is 2. The Labute approximate surface area is 153 Å². The Bertz CT molecular complexity index is 910. The van der Waals surface area contributed by atoms with Crippen molar-refractivity contribution < 1.29 is 13.2 Å². The highest BCUT2D eigenvalue weighted by molar-refractivity contribution is 7.89. The van der Waals surface area contributed by atoms with E-state index in [2.05, 4.69) is 10.3 Å². The molecule has 8 heteroatoms. The zero-order valence-electron chi connectivity index (χ0n) is 14.6. The van der Waals surface area contributed by atoms with Crippen LogP contribution in [0, 0.1) is 11.8 Å². The normalized spacial score (nSPS) is 26.0. The first-order valence-corrected chi connectivity index (χ1v) is 10.2. The second-order valence-corrected chi connectivity index (χ2v) is 9.03. The van der Waals surface area contributed by atoms with Gasteiger partial charge in [-0.05, 0) is 36.8 Å². The number of rotatable bonds is 4. The van der Waals surface area contributed by atoms with Crippen molar-refractivity contribution in [2.75, 3.05) is 13.1 Å². The summed E-state index contributed by atoms with van der Waals surface area (Å²) in [6.07, 6.45) is 4.84. The number of nitrogens with one attached hydrogen (secondary N) is 1. The van der Waals surface area contributed by atoms with Gasteiger partial charge in [0.2, 0.25) is 0 Å². The fraction of sp³-hybridized carbons (Fsp3) is 0.444. The Balaban J connectivity index is 1.46. The van der Waals surface area contributed by atoms with E-state index >= 15 is 0 Å². The monoisotopic (exact) mass is 374 g/mol. The summed E-state index contributed by atoms with van der Waals surface area (Å²) < 4.78 is 28.7. The summed E-state index contributed by atoms with van der Waals surface area (Å²) in [6.45, 7) is 0.935. The summed E-state index contributed by atoms with van der Waals surface area (Å²) in [5, 5.41) is 3.19. The van der Waals surface area contributed by atoms with Gasteiger partial charge in [0, 0.05) is 37.9 Å². The lowest BCUT2D eigenvalue weighted by Gasteiger charge is -2.21. The van der Waals surface area contributed by atoms with Gasteiger partial charge in [0.25, 0.3) is 15.9 Å². The molecule has 1 aromatic carbocycles. The molecule has 138 valence electrons. The molecular formula is C18H22N4O3S. The van der Waals surface area contributed by atoms with Gasteiger partial charge >= 0.3 is 0 Å². The fourth-order valence-corrected chi connectivity index (χ4v) is 5.60. The molecule has 1 N–H and O–H groups in total. The summed E-state index contributed by atoms with van der Waals surface area (Å²) in [5.41, 5.74) is 0.631. The molecule has 1 saturated carbocycles. The molecule has 1 aliphatic heterocycles. The van der Waals surface area contributed by atoms with Crippen LogP contribution in [-0.4, -0.2) is 47.3 Å². The van der Waals surface area contributed by atoms with Crippen LogP contribution in [0.3, 0.4) is 0 Å². The van der Waals surface area contributed by atoms with E-state index < -0.39 is 10.0 Å². The number of aryl methyl sites for hydroxylation is 1. The molecule has 1 aromatic heterocycles. The average Bonchev–Trinajstić information content (AvgIpc) is 3.33. The highest BCUT2D eigenvalue weighted by atomic mass is 32.2. The SMILES string of the molecule is Cn1cnc(S(=O)(=O)N2CC3CCC(NC(=O)c4ccccc4)C3C2)c1. The van der Waals surface area contributed by atoms with Crippen LogP contribution in [0.5, 0.6) is 0 Å².